The molecule has 1 aliphatic rings. The SMILES string of the molecule is CCOC(=O)N1CCN(S(=O)(=O)c2ccc(C(=O)N(CCCN(C)C)c3nc4cc(C)cc(C)c4s3)cc2)CC1. The summed E-state index contributed by atoms with van der Waals surface area (Å²) in [6.07, 6.45) is 0.327. The molecule has 10 nitrogen and oxygen atoms in total. The highest BCUT2D eigenvalue weighted by Gasteiger charge is 2.31. The second-order valence-corrected chi connectivity index (χ2v) is 13.1. The molecule has 0 N–H and O–H groups in total. The van der Waals surface area contributed by atoms with Crippen molar-refractivity contribution < 1.29 is 22.7 Å². The van der Waals surface area contributed by atoms with Gasteiger partial charge in [-0.15, -0.1) is 0 Å². The van der Waals surface area contributed by atoms with Crippen molar-refractivity contribution in [3.05, 3.63) is 53.1 Å². The Hall–Kier alpha value is -3.06. The number of aromatic nitrogens is 1. The van der Waals surface area contributed by atoms with Crippen LogP contribution >= 0.6 is 11.3 Å². The molecule has 12 heteroatoms. The first-order valence-electron chi connectivity index (χ1n) is 13.4. The lowest BCUT2D eigenvalue weighted by Crippen LogP contribution is -2.50. The number of rotatable bonds is 9. The summed E-state index contributed by atoms with van der Waals surface area (Å²) in [7, 11) is 0.209. The van der Waals surface area contributed by atoms with Crippen LogP contribution < -0.4 is 4.90 Å². The molecule has 0 unspecified atom stereocenters. The van der Waals surface area contributed by atoms with Gasteiger partial charge < -0.3 is 14.5 Å². The number of amides is 2. The summed E-state index contributed by atoms with van der Waals surface area (Å²) in [5, 5.41) is 0.628. The van der Waals surface area contributed by atoms with E-state index in [-0.39, 0.29) is 43.6 Å². The number of benzene rings is 2. The van der Waals surface area contributed by atoms with Crippen molar-refractivity contribution in [3.8, 4) is 0 Å². The van der Waals surface area contributed by atoms with E-state index in [2.05, 4.69) is 11.0 Å². The Balaban J connectivity index is 1.54. The smallest absolute Gasteiger partial charge is 0.409 e. The second-order valence-electron chi connectivity index (χ2n) is 10.2. The zero-order valence-electron chi connectivity index (χ0n) is 23.7. The van der Waals surface area contributed by atoms with Crippen molar-refractivity contribution in [2.75, 3.05) is 64.9 Å². The number of nitrogens with zero attached hydrogens (tertiary/aromatic N) is 5. The van der Waals surface area contributed by atoms with Gasteiger partial charge in [-0.2, -0.15) is 4.31 Å². The van der Waals surface area contributed by atoms with E-state index in [1.807, 2.05) is 34.0 Å². The van der Waals surface area contributed by atoms with Crippen LogP contribution in [0.4, 0.5) is 9.93 Å². The zero-order valence-corrected chi connectivity index (χ0v) is 25.3. The number of aryl methyl sites for hydroxylation is 2. The Labute approximate surface area is 240 Å². The van der Waals surface area contributed by atoms with E-state index in [0.717, 1.165) is 34.3 Å². The molecule has 0 aliphatic carbocycles. The van der Waals surface area contributed by atoms with Gasteiger partial charge in [0, 0.05) is 38.3 Å². The minimum absolute atomic E-state index is 0.110. The molecule has 40 heavy (non-hydrogen) atoms. The number of carbonyl (C=O) groups excluding carboxylic acids is 2. The molecular weight excluding hydrogens is 550 g/mol. The molecule has 1 saturated heterocycles. The highest BCUT2D eigenvalue weighted by Crippen LogP contribution is 2.33. The Morgan fingerprint density at radius 1 is 1.02 bits per heavy atom. The van der Waals surface area contributed by atoms with Gasteiger partial charge in [-0.1, -0.05) is 17.4 Å². The number of fused-ring (bicyclic) bond motifs is 1. The summed E-state index contributed by atoms with van der Waals surface area (Å²) in [6.45, 7) is 8.26. The number of piperazine rings is 1. The van der Waals surface area contributed by atoms with E-state index in [4.69, 9.17) is 9.72 Å². The Bertz CT molecular complexity index is 1460. The first-order chi connectivity index (χ1) is 19.0. The van der Waals surface area contributed by atoms with Gasteiger partial charge in [-0.25, -0.2) is 18.2 Å². The minimum Gasteiger partial charge on any atom is -0.450 e. The summed E-state index contributed by atoms with van der Waals surface area (Å²) in [4.78, 5) is 35.9. The van der Waals surface area contributed by atoms with E-state index >= 15 is 0 Å². The van der Waals surface area contributed by atoms with Crippen molar-refractivity contribution in [2.45, 2.75) is 32.1 Å². The van der Waals surface area contributed by atoms with Gasteiger partial charge in [0.05, 0.1) is 21.7 Å². The van der Waals surface area contributed by atoms with Crippen LogP contribution in [0.3, 0.4) is 0 Å². The highest BCUT2D eigenvalue weighted by atomic mass is 32.2. The molecule has 2 aromatic carbocycles. The maximum atomic E-state index is 13.7. The molecule has 0 bridgehead atoms. The first-order valence-corrected chi connectivity index (χ1v) is 15.6. The third-order valence-corrected chi connectivity index (χ3v) is 9.92. The van der Waals surface area contributed by atoms with Gasteiger partial charge in [0.1, 0.15) is 0 Å². The average molecular weight is 588 g/mol. The number of carbonyl (C=O) groups is 2. The molecule has 0 spiro atoms. The standard InChI is InChI=1S/C28H37N5O5S2/c1-6-38-28(35)31-14-16-32(17-15-31)40(36,37)23-10-8-22(9-11-23)26(34)33(13-7-12-30(4)5)27-29-24-19-20(2)18-21(3)25(24)39-27/h8-11,18-19H,6-7,12-17H2,1-5H3. The van der Waals surface area contributed by atoms with Crippen LogP contribution in [0.15, 0.2) is 41.3 Å². The largest absolute Gasteiger partial charge is 0.450 e. The minimum atomic E-state index is -3.77. The molecule has 2 heterocycles. The lowest BCUT2D eigenvalue weighted by Gasteiger charge is -2.33. The Morgan fingerprint density at radius 2 is 1.70 bits per heavy atom. The summed E-state index contributed by atoms with van der Waals surface area (Å²) in [5.74, 6) is -0.223. The summed E-state index contributed by atoms with van der Waals surface area (Å²) < 4.78 is 34.0. The van der Waals surface area contributed by atoms with Gasteiger partial charge in [0.15, 0.2) is 5.13 Å². The Morgan fingerprint density at radius 3 is 2.33 bits per heavy atom. The van der Waals surface area contributed by atoms with Crippen molar-refractivity contribution >= 4 is 48.7 Å². The number of ether oxygens (including phenoxy) is 1. The van der Waals surface area contributed by atoms with Crippen molar-refractivity contribution in [2.24, 2.45) is 0 Å². The summed E-state index contributed by atoms with van der Waals surface area (Å²) in [5.41, 5.74) is 3.50. The lowest BCUT2D eigenvalue weighted by atomic mass is 10.1. The van der Waals surface area contributed by atoms with Crippen LogP contribution in [0.2, 0.25) is 0 Å². The molecule has 0 saturated carbocycles. The van der Waals surface area contributed by atoms with E-state index in [9.17, 15) is 18.0 Å². The number of hydrogen-bond donors (Lipinski definition) is 0. The molecule has 0 radical (unpaired) electrons. The fourth-order valence-electron chi connectivity index (χ4n) is 4.71. The number of anilines is 1. The normalized spacial score (nSPS) is 14.6. The van der Waals surface area contributed by atoms with Crippen LogP contribution in [0.25, 0.3) is 10.2 Å². The molecule has 216 valence electrons. The first kappa shape index (κ1) is 29.9. The van der Waals surface area contributed by atoms with Crippen LogP contribution in [-0.2, 0) is 14.8 Å². The van der Waals surface area contributed by atoms with Gasteiger partial charge in [0.25, 0.3) is 5.91 Å². The third kappa shape index (κ3) is 6.63. The third-order valence-electron chi connectivity index (χ3n) is 6.78. The summed E-state index contributed by atoms with van der Waals surface area (Å²) in [6, 6.07) is 10.2. The molecule has 1 aliphatic heterocycles. The van der Waals surface area contributed by atoms with Gasteiger partial charge in [-0.05, 0) is 89.3 Å². The van der Waals surface area contributed by atoms with Crippen LogP contribution in [-0.4, -0.2) is 99.5 Å². The maximum Gasteiger partial charge on any atom is 0.409 e. The molecule has 2 amide bonds. The van der Waals surface area contributed by atoms with Gasteiger partial charge in [-0.3, -0.25) is 9.69 Å². The molecular formula is C28H37N5O5S2. The van der Waals surface area contributed by atoms with E-state index in [0.29, 0.717) is 17.2 Å². The van der Waals surface area contributed by atoms with E-state index in [1.54, 1.807) is 24.0 Å². The zero-order chi connectivity index (χ0) is 29.0. The van der Waals surface area contributed by atoms with Crippen molar-refractivity contribution in [3.63, 3.8) is 0 Å². The molecule has 1 aromatic heterocycles. The van der Waals surface area contributed by atoms with Crippen molar-refractivity contribution in [1.82, 2.24) is 19.1 Å². The van der Waals surface area contributed by atoms with Crippen LogP contribution in [0, 0.1) is 13.8 Å². The van der Waals surface area contributed by atoms with E-state index in [1.165, 1.54) is 32.7 Å². The van der Waals surface area contributed by atoms with Crippen molar-refractivity contribution in [1.29, 1.82) is 0 Å². The fourth-order valence-corrected chi connectivity index (χ4v) is 7.17. The maximum absolute atomic E-state index is 13.7. The second kappa shape index (κ2) is 12.6. The predicted octanol–water partition coefficient (Wildman–Crippen LogP) is 3.97. The monoisotopic (exact) mass is 587 g/mol. The predicted molar refractivity (Wildman–Crippen MR) is 158 cm³/mol. The van der Waals surface area contributed by atoms with Crippen LogP contribution in [0.5, 0.6) is 0 Å². The highest BCUT2D eigenvalue weighted by molar-refractivity contribution is 7.89. The lowest BCUT2D eigenvalue weighted by molar-refractivity contribution is 0.0933. The number of thiazole rings is 1. The van der Waals surface area contributed by atoms with E-state index < -0.39 is 16.1 Å². The molecule has 1 fully saturated rings. The number of sulfonamides is 1. The average Bonchev–Trinajstić information content (AvgIpc) is 3.35. The molecule has 4 rings (SSSR count). The number of hydrogen-bond acceptors (Lipinski definition) is 8. The van der Waals surface area contributed by atoms with Gasteiger partial charge >= 0.3 is 6.09 Å². The molecule has 0 atom stereocenters. The van der Waals surface area contributed by atoms with Crippen LogP contribution in [0.1, 0.15) is 34.8 Å². The van der Waals surface area contributed by atoms with Gasteiger partial charge in [0.2, 0.25) is 10.0 Å². The topological polar surface area (TPSA) is 103 Å². The molecule has 3 aromatic rings. The summed E-state index contributed by atoms with van der Waals surface area (Å²) >= 11 is 1.49. The Kier molecular flexibility index (Phi) is 9.44. The quantitative estimate of drug-likeness (QED) is 0.373. The fraction of sp³-hybridized carbons (Fsp3) is 0.464.